The molecule has 0 spiro atoms. The molecule has 1 aromatic carbocycles. The Morgan fingerprint density at radius 3 is 2.43 bits per heavy atom. The van der Waals surface area contributed by atoms with Crippen LogP contribution in [0.3, 0.4) is 0 Å². The fraction of sp³-hybridized carbons (Fsp3) is 0.571. The molecule has 4 rings (SSSR count). The quantitative estimate of drug-likeness (QED) is 0.414. The van der Waals surface area contributed by atoms with Crippen LogP contribution in [0.5, 0.6) is 0 Å². The zero-order valence-electron chi connectivity index (χ0n) is 22.0. The molecule has 1 aromatic heterocycles. The van der Waals surface area contributed by atoms with Crippen LogP contribution in [-0.2, 0) is 6.54 Å². The highest BCUT2D eigenvalue weighted by atomic mass is 79.9. The summed E-state index contributed by atoms with van der Waals surface area (Å²) in [6, 6.07) is 10.6. The van der Waals surface area contributed by atoms with E-state index >= 15 is 0 Å². The maximum Gasteiger partial charge on any atom is 0.269 e. The molecule has 2 aromatic rings. The van der Waals surface area contributed by atoms with Crippen LogP contribution in [0.25, 0.3) is 0 Å². The number of rotatable bonds is 10. The highest BCUT2D eigenvalue weighted by molar-refractivity contribution is 9.10. The second-order valence-electron chi connectivity index (χ2n) is 10.1. The third-order valence-corrected chi connectivity index (χ3v) is 8.30. The SMILES string of the molecule is CCN(CC)C1CCN(Cc2ccc(C(=O)NN(CC3CCCC3)c3nc(C#N)ncc3Br)cc2)CC1. The van der Waals surface area contributed by atoms with Crippen molar-refractivity contribution in [2.75, 3.05) is 37.7 Å². The number of carbonyl (C=O) groups is 1. The Labute approximate surface area is 229 Å². The summed E-state index contributed by atoms with van der Waals surface area (Å²) in [5.41, 5.74) is 4.87. The summed E-state index contributed by atoms with van der Waals surface area (Å²) in [4.78, 5) is 26.7. The molecule has 1 aliphatic carbocycles. The Hall–Kier alpha value is -2.54. The van der Waals surface area contributed by atoms with Gasteiger partial charge in [0.2, 0.25) is 5.82 Å². The molecule has 198 valence electrons. The maximum absolute atomic E-state index is 13.2. The van der Waals surface area contributed by atoms with Crippen LogP contribution >= 0.6 is 15.9 Å². The molecule has 1 N–H and O–H groups in total. The van der Waals surface area contributed by atoms with Crippen LogP contribution in [0.1, 0.15) is 74.1 Å². The maximum atomic E-state index is 13.2. The van der Waals surface area contributed by atoms with E-state index < -0.39 is 0 Å². The first-order valence-electron chi connectivity index (χ1n) is 13.6. The Balaban J connectivity index is 1.38. The van der Waals surface area contributed by atoms with Gasteiger partial charge < -0.3 is 4.90 Å². The van der Waals surface area contributed by atoms with Crippen LogP contribution in [0.4, 0.5) is 5.82 Å². The summed E-state index contributed by atoms with van der Waals surface area (Å²) in [5.74, 6) is 0.875. The van der Waals surface area contributed by atoms with E-state index in [1.54, 1.807) is 11.2 Å². The lowest BCUT2D eigenvalue weighted by Crippen LogP contribution is -2.45. The number of halogens is 1. The van der Waals surface area contributed by atoms with E-state index in [1.165, 1.54) is 31.2 Å². The number of hydrogen-bond acceptors (Lipinski definition) is 7. The van der Waals surface area contributed by atoms with Gasteiger partial charge >= 0.3 is 0 Å². The topological polar surface area (TPSA) is 88.4 Å². The van der Waals surface area contributed by atoms with Gasteiger partial charge in [-0.25, -0.2) is 4.98 Å². The van der Waals surface area contributed by atoms with Crippen molar-refractivity contribution in [3.05, 3.63) is 51.9 Å². The average molecular weight is 569 g/mol. The van der Waals surface area contributed by atoms with Crippen molar-refractivity contribution in [3.8, 4) is 6.07 Å². The van der Waals surface area contributed by atoms with Gasteiger partial charge in [-0.3, -0.25) is 20.1 Å². The summed E-state index contributed by atoms with van der Waals surface area (Å²) in [7, 11) is 0. The minimum absolute atomic E-state index is 0.0781. The first-order chi connectivity index (χ1) is 18.0. The third-order valence-electron chi connectivity index (χ3n) is 7.74. The Morgan fingerprint density at radius 1 is 1.14 bits per heavy atom. The lowest BCUT2D eigenvalue weighted by Gasteiger charge is -2.37. The molecule has 2 fully saturated rings. The van der Waals surface area contributed by atoms with Gasteiger partial charge in [-0.15, -0.1) is 0 Å². The second-order valence-corrected chi connectivity index (χ2v) is 11.0. The number of nitriles is 1. The second kappa shape index (κ2) is 13.3. The number of hydrazine groups is 1. The van der Waals surface area contributed by atoms with Crippen LogP contribution in [0.2, 0.25) is 0 Å². The molecule has 1 saturated heterocycles. The van der Waals surface area contributed by atoms with E-state index in [4.69, 9.17) is 0 Å². The van der Waals surface area contributed by atoms with Crippen molar-refractivity contribution >= 4 is 27.7 Å². The van der Waals surface area contributed by atoms with Crippen LogP contribution in [0, 0.1) is 17.2 Å². The molecule has 0 unspecified atom stereocenters. The number of aromatic nitrogens is 2. The standard InChI is InChI=1S/C28H38BrN7O/c1-3-35(4-2)24-13-15-34(16-14-24)19-22-9-11-23(12-10-22)28(37)33-36(20-21-7-5-6-8-21)27-25(29)18-31-26(17-30)32-27/h9-12,18,21,24H,3-8,13-16,19-20H2,1-2H3,(H,33,37). The van der Waals surface area contributed by atoms with Crippen LogP contribution in [-0.4, -0.2) is 64.4 Å². The number of benzene rings is 1. The van der Waals surface area contributed by atoms with E-state index in [-0.39, 0.29) is 11.7 Å². The fourth-order valence-electron chi connectivity index (χ4n) is 5.63. The third kappa shape index (κ3) is 7.28. The Bertz CT molecular complexity index is 1070. The smallest absolute Gasteiger partial charge is 0.269 e. The number of piperidine rings is 1. The first kappa shape index (κ1) is 27.5. The number of amides is 1. The number of likely N-dealkylation sites (tertiary alicyclic amines) is 1. The van der Waals surface area contributed by atoms with Gasteiger partial charge in [0.05, 0.1) is 4.47 Å². The summed E-state index contributed by atoms with van der Waals surface area (Å²) < 4.78 is 0.643. The van der Waals surface area contributed by atoms with Gasteiger partial charge in [-0.2, -0.15) is 10.2 Å². The van der Waals surface area contributed by atoms with E-state index in [1.807, 2.05) is 18.2 Å². The highest BCUT2D eigenvalue weighted by Gasteiger charge is 2.25. The number of nitrogens with one attached hydrogen (secondary N) is 1. The van der Waals surface area contributed by atoms with Crippen molar-refractivity contribution in [1.82, 2.24) is 25.2 Å². The van der Waals surface area contributed by atoms with E-state index in [0.29, 0.717) is 34.4 Å². The van der Waals surface area contributed by atoms with Crippen molar-refractivity contribution in [2.24, 2.45) is 5.92 Å². The van der Waals surface area contributed by atoms with Gasteiger partial charge in [0, 0.05) is 30.9 Å². The summed E-state index contributed by atoms with van der Waals surface area (Å²) in [6.07, 6.45) is 8.65. The molecule has 8 nitrogen and oxygen atoms in total. The highest BCUT2D eigenvalue weighted by Crippen LogP contribution is 2.29. The molecule has 1 saturated carbocycles. The van der Waals surface area contributed by atoms with Crippen molar-refractivity contribution < 1.29 is 4.79 Å². The molecule has 0 radical (unpaired) electrons. The summed E-state index contributed by atoms with van der Waals surface area (Å²) in [6.45, 7) is 10.5. The zero-order chi connectivity index (χ0) is 26.2. The molecule has 0 atom stereocenters. The van der Waals surface area contributed by atoms with E-state index in [9.17, 15) is 10.1 Å². The molecule has 0 bridgehead atoms. The summed E-state index contributed by atoms with van der Waals surface area (Å²) in [5, 5.41) is 11.1. The van der Waals surface area contributed by atoms with Crippen molar-refractivity contribution in [2.45, 2.75) is 65.0 Å². The largest absolute Gasteiger partial charge is 0.301 e. The minimum atomic E-state index is -0.186. The molecule has 2 heterocycles. The number of nitrogens with zero attached hydrogens (tertiary/aromatic N) is 6. The van der Waals surface area contributed by atoms with Gasteiger partial charge in [0.25, 0.3) is 5.91 Å². The van der Waals surface area contributed by atoms with Crippen molar-refractivity contribution in [3.63, 3.8) is 0 Å². The number of hydrogen-bond donors (Lipinski definition) is 1. The van der Waals surface area contributed by atoms with Gasteiger partial charge in [0.1, 0.15) is 6.07 Å². The summed E-state index contributed by atoms with van der Waals surface area (Å²) >= 11 is 3.50. The monoisotopic (exact) mass is 567 g/mol. The molecular weight excluding hydrogens is 530 g/mol. The number of carbonyl (C=O) groups excluding carboxylic acids is 1. The molecular formula is C28H38BrN7O. The predicted molar refractivity (Wildman–Crippen MR) is 149 cm³/mol. The first-order valence-corrected chi connectivity index (χ1v) is 14.4. The van der Waals surface area contributed by atoms with E-state index in [0.717, 1.165) is 45.6 Å². The van der Waals surface area contributed by atoms with E-state index in [2.05, 4.69) is 67.1 Å². The number of anilines is 1. The van der Waals surface area contributed by atoms with Crippen LogP contribution in [0.15, 0.2) is 34.9 Å². The molecule has 1 aliphatic heterocycles. The van der Waals surface area contributed by atoms with Gasteiger partial charge in [0.15, 0.2) is 5.82 Å². The average Bonchev–Trinajstić information content (AvgIpc) is 3.44. The molecule has 9 heteroatoms. The predicted octanol–water partition coefficient (Wildman–Crippen LogP) is 4.76. The molecule has 37 heavy (non-hydrogen) atoms. The van der Waals surface area contributed by atoms with Crippen LogP contribution < -0.4 is 10.4 Å². The Kier molecular flexibility index (Phi) is 9.89. The lowest BCUT2D eigenvalue weighted by molar-refractivity contribution is 0.0946. The normalized spacial score (nSPS) is 17.2. The minimum Gasteiger partial charge on any atom is -0.301 e. The molecule has 1 amide bonds. The molecule has 2 aliphatic rings. The van der Waals surface area contributed by atoms with Gasteiger partial charge in [-0.1, -0.05) is 38.8 Å². The lowest BCUT2D eigenvalue weighted by atomic mass is 10.0. The zero-order valence-corrected chi connectivity index (χ0v) is 23.6. The fourth-order valence-corrected chi connectivity index (χ4v) is 6.03. The van der Waals surface area contributed by atoms with Crippen molar-refractivity contribution in [1.29, 1.82) is 5.26 Å². The van der Waals surface area contributed by atoms with Gasteiger partial charge in [-0.05, 0) is 91.4 Å². The Morgan fingerprint density at radius 2 is 1.81 bits per heavy atom.